The van der Waals surface area contributed by atoms with Gasteiger partial charge in [0, 0.05) is 0 Å². The van der Waals surface area contributed by atoms with E-state index in [0.717, 1.165) is 0 Å². The molecule has 106 valence electrons. The van der Waals surface area contributed by atoms with E-state index in [-0.39, 0.29) is 33.8 Å². The van der Waals surface area contributed by atoms with E-state index in [0.29, 0.717) is 5.56 Å². The maximum Gasteiger partial charge on any atom is 0.204 e. The summed E-state index contributed by atoms with van der Waals surface area (Å²) in [5.74, 6) is -0.288. The fraction of sp³-hybridized carbons (Fsp3) is 0.0625. The Balaban J connectivity index is 2.41. The summed E-state index contributed by atoms with van der Waals surface area (Å²) in [5, 5.41) is 19.1. The Hall–Kier alpha value is -2.82. The summed E-state index contributed by atoms with van der Waals surface area (Å²) >= 11 is 0. The molecule has 1 aromatic heterocycles. The third-order valence-corrected chi connectivity index (χ3v) is 3.25. The van der Waals surface area contributed by atoms with Gasteiger partial charge in [0.1, 0.15) is 34.9 Å². The summed E-state index contributed by atoms with van der Waals surface area (Å²) < 4.78 is 18.6. The summed E-state index contributed by atoms with van der Waals surface area (Å²) in [4.78, 5) is 12.6. The van der Waals surface area contributed by atoms with Gasteiger partial charge < -0.3 is 14.6 Å². The third-order valence-electron chi connectivity index (χ3n) is 3.25. The van der Waals surface area contributed by atoms with Crippen LogP contribution in [0.15, 0.2) is 51.7 Å². The van der Waals surface area contributed by atoms with Crippen LogP contribution in [0.5, 0.6) is 11.5 Å². The molecule has 5 heteroatoms. The van der Waals surface area contributed by atoms with Crippen LogP contribution in [0.3, 0.4) is 0 Å². The molecule has 1 heterocycles. The molecule has 0 saturated heterocycles. The number of benzene rings is 2. The molecule has 0 saturated carbocycles. The van der Waals surface area contributed by atoms with Crippen molar-refractivity contribution in [1.82, 2.24) is 0 Å². The van der Waals surface area contributed by atoms with Crippen LogP contribution in [0, 0.1) is 0 Å². The van der Waals surface area contributed by atoms with Gasteiger partial charge in [0.2, 0.25) is 5.43 Å². The van der Waals surface area contributed by atoms with Crippen LogP contribution in [0.1, 0.15) is 5.76 Å². The minimum Gasteiger partial charge on any atom is -0.508 e. The van der Waals surface area contributed by atoms with Crippen molar-refractivity contribution < 1.29 is 19.0 Å². The summed E-state index contributed by atoms with van der Waals surface area (Å²) in [5.41, 5.74) is 0.0914. The number of halogens is 1. The topological polar surface area (TPSA) is 70.7 Å². The zero-order valence-electron chi connectivity index (χ0n) is 10.8. The summed E-state index contributed by atoms with van der Waals surface area (Å²) in [6, 6.07) is 10.2. The largest absolute Gasteiger partial charge is 0.508 e. The van der Waals surface area contributed by atoms with Gasteiger partial charge in [0.05, 0.1) is 5.56 Å². The Bertz CT molecular complexity index is 866. The summed E-state index contributed by atoms with van der Waals surface area (Å²) in [7, 11) is 0. The number of aromatic hydroxyl groups is 2. The number of fused-ring (bicyclic) bond motifs is 1. The minimum absolute atomic E-state index is 0.0118. The van der Waals surface area contributed by atoms with E-state index in [9.17, 15) is 19.4 Å². The maximum absolute atomic E-state index is 13.2. The lowest BCUT2D eigenvalue weighted by atomic mass is 10.0. The molecule has 0 aliphatic rings. The van der Waals surface area contributed by atoms with Crippen molar-refractivity contribution in [3.8, 4) is 22.6 Å². The van der Waals surface area contributed by atoms with Gasteiger partial charge in [0.15, 0.2) is 0 Å². The Morgan fingerprint density at radius 2 is 1.76 bits per heavy atom. The molecule has 3 rings (SSSR count). The zero-order valence-corrected chi connectivity index (χ0v) is 10.8. The highest BCUT2D eigenvalue weighted by molar-refractivity contribution is 5.87. The average Bonchev–Trinajstić information content (AvgIpc) is 2.48. The molecular formula is C16H11FO4. The van der Waals surface area contributed by atoms with Gasteiger partial charge in [-0.2, -0.15) is 0 Å². The lowest BCUT2D eigenvalue weighted by Gasteiger charge is -2.08. The van der Waals surface area contributed by atoms with Crippen molar-refractivity contribution in [3.63, 3.8) is 0 Å². The molecule has 0 radical (unpaired) electrons. The fourth-order valence-electron chi connectivity index (χ4n) is 2.28. The number of phenolic OH excluding ortho intramolecular Hbond substituents is 2. The van der Waals surface area contributed by atoms with Gasteiger partial charge in [-0.15, -0.1) is 0 Å². The van der Waals surface area contributed by atoms with E-state index in [1.54, 1.807) is 0 Å². The smallest absolute Gasteiger partial charge is 0.204 e. The number of phenols is 2. The first kappa shape index (κ1) is 13.2. The van der Waals surface area contributed by atoms with Gasteiger partial charge in [-0.3, -0.25) is 4.79 Å². The van der Waals surface area contributed by atoms with Crippen LogP contribution in [-0.2, 0) is 6.67 Å². The lowest BCUT2D eigenvalue weighted by molar-refractivity contribution is 0.401. The monoisotopic (exact) mass is 286 g/mol. The first-order valence-electron chi connectivity index (χ1n) is 6.25. The molecule has 2 N–H and O–H groups in total. The van der Waals surface area contributed by atoms with Crippen LogP contribution in [-0.4, -0.2) is 10.2 Å². The number of alkyl halides is 1. The molecule has 0 unspecified atom stereocenters. The van der Waals surface area contributed by atoms with Crippen molar-refractivity contribution in [3.05, 3.63) is 58.4 Å². The quantitative estimate of drug-likeness (QED) is 0.758. The Kier molecular flexibility index (Phi) is 3.10. The van der Waals surface area contributed by atoms with Crippen molar-refractivity contribution in [2.45, 2.75) is 6.67 Å². The molecule has 21 heavy (non-hydrogen) atoms. The van der Waals surface area contributed by atoms with Crippen molar-refractivity contribution in [2.75, 3.05) is 0 Å². The molecule has 3 aromatic rings. The van der Waals surface area contributed by atoms with Crippen LogP contribution < -0.4 is 5.43 Å². The Labute approximate surface area is 118 Å². The minimum atomic E-state index is -0.947. The highest BCUT2D eigenvalue weighted by Crippen LogP contribution is 2.29. The number of rotatable bonds is 2. The molecule has 0 amide bonds. The van der Waals surface area contributed by atoms with Gasteiger partial charge in [-0.05, 0) is 29.8 Å². The average molecular weight is 286 g/mol. The second-order valence-electron chi connectivity index (χ2n) is 4.56. The van der Waals surface area contributed by atoms with E-state index < -0.39 is 12.1 Å². The predicted octanol–water partition coefficient (Wildman–Crippen LogP) is 3.34. The van der Waals surface area contributed by atoms with Crippen molar-refractivity contribution in [2.24, 2.45) is 0 Å². The summed E-state index contributed by atoms with van der Waals surface area (Å²) in [6.45, 7) is -0.947. The molecule has 0 fully saturated rings. The predicted molar refractivity (Wildman–Crippen MR) is 76.1 cm³/mol. The van der Waals surface area contributed by atoms with E-state index in [4.69, 9.17) is 4.42 Å². The standard InChI is InChI=1S/C16H11FO4/c17-8-13-14(9-4-6-10(18)7-5-9)16(20)15-11(19)2-1-3-12(15)21-13/h1-7,18-19H,8H2. The second kappa shape index (κ2) is 4.94. The van der Waals surface area contributed by atoms with Gasteiger partial charge in [-0.25, -0.2) is 4.39 Å². The SMILES string of the molecule is O=c1c(-c2ccc(O)cc2)c(CF)oc2cccc(O)c12. The summed E-state index contributed by atoms with van der Waals surface area (Å²) in [6.07, 6.45) is 0. The van der Waals surface area contributed by atoms with E-state index >= 15 is 0 Å². The van der Waals surface area contributed by atoms with Crippen LogP contribution in [0.2, 0.25) is 0 Å². The number of hydrogen-bond donors (Lipinski definition) is 2. The molecule has 0 bridgehead atoms. The molecular weight excluding hydrogens is 275 g/mol. The highest BCUT2D eigenvalue weighted by Gasteiger charge is 2.18. The van der Waals surface area contributed by atoms with Gasteiger partial charge in [-0.1, -0.05) is 18.2 Å². The van der Waals surface area contributed by atoms with Crippen LogP contribution in [0.25, 0.3) is 22.1 Å². The molecule has 0 aliphatic heterocycles. The molecule has 0 aliphatic carbocycles. The second-order valence-corrected chi connectivity index (χ2v) is 4.56. The zero-order chi connectivity index (χ0) is 15.0. The van der Waals surface area contributed by atoms with E-state index in [1.165, 1.54) is 42.5 Å². The van der Waals surface area contributed by atoms with E-state index in [1.807, 2.05) is 0 Å². The van der Waals surface area contributed by atoms with Crippen LogP contribution >= 0.6 is 0 Å². The van der Waals surface area contributed by atoms with Crippen LogP contribution in [0.4, 0.5) is 4.39 Å². The first-order valence-corrected chi connectivity index (χ1v) is 6.25. The maximum atomic E-state index is 13.2. The lowest BCUT2D eigenvalue weighted by Crippen LogP contribution is -2.08. The molecule has 0 atom stereocenters. The van der Waals surface area contributed by atoms with E-state index in [2.05, 4.69) is 0 Å². The van der Waals surface area contributed by atoms with Gasteiger partial charge in [0.25, 0.3) is 0 Å². The molecule has 2 aromatic carbocycles. The molecule has 0 spiro atoms. The van der Waals surface area contributed by atoms with Crippen molar-refractivity contribution in [1.29, 1.82) is 0 Å². The molecule has 4 nitrogen and oxygen atoms in total. The van der Waals surface area contributed by atoms with Gasteiger partial charge >= 0.3 is 0 Å². The van der Waals surface area contributed by atoms with Crippen molar-refractivity contribution >= 4 is 11.0 Å². The first-order chi connectivity index (χ1) is 10.1. The third kappa shape index (κ3) is 2.12. The normalized spacial score (nSPS) is 10.9. The fourth-order valence-corrected chi connectivity index (χ4v) is 2.28. The Morgan fingerprint density at radius 3 is 2.43 bits per heavy atom. The number of hydrogen-bond acceptors (Lipinski definition) is 4. The Morgan fingerprint density at radius 1 is 1.05 bits per heavy atom. The highest BCUT2D eigenvalue weighted by atomic mass is 19.1.